The van der Waals surface area contributed by atoms with Crippen molar-refractivity contribution in [2.75, 3.05) is 19.8 Å². The van der Waals surface area contributed by atoms with Crippen molar-refractivity contribution >= 4 is 40.0 Å². The van der Waals surface area contributed by atoms with E-state index in [9.17, 15) is 4.79 Å². The Bertz CT molecular complexity index is 1040. The molecule has 0 aliphatic carbocycles. The van der Waals surface area contributed by atoms with Gasteiger partial charge >= 0.3 is 0 Å². The third kappa shape index (κ3) is 4.16. The number of rotatable bonds is 5. The lowest BCUT2D eigenvalue weighted by atomic mass is 9.74. The largest absolute Gasteiger partial charge is 0.381 e. The summed E-state index contributed by atoms with van der Waals surface area (Å²) >= 11 is 12.6. The molecule has 29 heavy (non-hydrogen) atoms. The molecule has 4 nitrogen and oxygen atoms in total. The van der Waals surface area contributed by atoms with Crippen molar-refractivity contribution < 1.29 is 9.53 Å². The van der Waals surface area contributed by atoms with Gasteiger partial charge in [0.2, 0.25) is 5.91 Å². The number of carbonyl (C=O) groups is 1. The first-order valence-corrected chi connectivity index (χ1v) is 10.6. The lowest BCUT2D eigenvalue weighted by Crippen LogP contribution is -2.45. The molecule has 1 N–H and O–H groups in total. The second kappa shape index (κ2) is 8.39. The summed E-state index contributed by atoms with van der Waals surface area (Å²) in [5.74, 6) is 0.0114. The van der Waals surface area contributed by atoms with E-state index in [1.54, 1.807) is 6.07 Å². The highest BCUT2D eigenvalue weighted by molar-refractivity contribution is 6.35. The van der Waals surface area contributed by atoms with Gasteiger partial charge in [-0.3, -0.25) is 4.79 Å². The van der Waals surface area contributed by atoms with E-state index in [1.165, 1.54) is 0 Å². The van der Waals surface area contributed by atoms with Gasteiger partial charge in [0, 0.05) is 59.4 Å². The van der Waals surface area contributed by atoms with E-state index in [-0.39, 0.29) is 11.3 Å². The van der Waals surface area contributed by atoms with Gasteiger partial charge in [-0.2, -0.15) is 0 Å². The fraction of sp³-hybridized carbons (Fsp3) is 0.348. The molecule has 2 aromatic carbocycles. The number of benzene rings is 2. The molecule has 1 aromatic heterocycles. The Morgan fingerprint density at radius 2 is 1.93 bits per heavy atom. The second-order valence-corrected chi connectivity index (χ2v) is 8.60. The molecule has 0 atom stereocenters. The number of fused-ring (bicyclic) bond motifs is 1. The Morgan fingerprint density at radius 3 is 2.69 bits per heavy atom. The lowest BCUT2D eigenvalue weighted by Gasteiger charge is -2.38. The summed E-state index contributed by atoms with van der Waals surface area (Å²) < 4.78 is 7.64. The molecule has 152 valence electrons. The molecule has 1 saturated heterocycles. The highest BCUT2D eigenvalue weighted by Crippen LogP contribution is 2.39. The van der Waals surface area contributed by atoms with Gasteiger partial charge in [0.05, 0.1) is 6.42 Å². The smallest absolute Gasteiger partial charge is 0.224 e. The second-order valence-electron chi connectivity index (χ2n) is 7.75. The van der Waals surface area contributed by atoms with Crippen molar-refractivity contribution in [2.24, 2.45) is 7.05 Å². The third-order valence-electron chi connectivity index (χ3n) is 5.91. The average Bonchev–Trinajstić information content (AvgIpc) is 3.03. The number of ether oxygens (including phenoxy) is 1. The average molecular weight is 431 g/mol. The number of amides is 1. The summed E-state index contributed by atoms with van der Waals surface area (Å²) in [5, 5.41) is 5.53. The number of nitrogens with one attached hydrogen (secondary N) is 1. The van der Waals surface area contributed by atoms with Gasteiger partial charge in [-0.15, -0.1) is 0 Å². The van der Waals surface area contributed by atoms with Crippen LogP contribution < -0.4 is 5.32 Å². The van der Waals surface area contributed by atoms with Crippen molar-refractivity contribution in [3.8, 4) is 0 Å². The summed E-state index contributed by atoms with van der Waals surface area (Å²) in [6, 6.07) is 13.8. The molecule has 0 radical (unpaired) electrons. The number of hydrogen-bond acceptors (Lipinski definition) is 2. The van der Waals surface area contributed by atoms with Crippen LogP contribution in [0.3, 0.4) is 0 Å². The summed E-state index contributed by atoms with van der Waals surface area (Å²) in [6.07, 6.45) is 4.00. The minimum Gasteiger partial charge on any atom is -0.381 e. The van der Waals surface area contributed by atoms with Crippen molar-refractivity contribution in [1.82, 2.24) is 9.88 Å². The number of para-hydroxylation sites is 1. The first-order chi connectivity index (χ1) is 14.0. The molecule has 2 heterocycles. The van der Waals surface area contributed by atoms with Crippen LogP contribution in [0.15, 0.2) is 48.7 Å². The quantitative estimate of drug-likeness (QED) is 0.625. The standard InChI is InChI=1S/C23H24Cl2N2O2/c1-27-14-16(18-4-2-3-5-21(18)27)12-22(28)26-15-23(8-10-29-11-9-23)19-7-6-17(24)13-20(19)25/h2-7,13-14H,8-12,15H2,1H3,(H,26,28). The van der Waals surface area contributed by atoms with Crippen molar-refractivity contribution in [3.63, 3.8) is 0 Å². The Labute approximate surface area is 180 Å². The van der Waals surface area contributed by atoms with E-state index in [0.29, 0.717) is 36.2 Å². The molecule has 0 bridgehead atoms. The Hall–Kier alpha value is -2.01. The maximum absolute atomic E-state index is 12.8. The van der Waals surface area contributed by atoms with Crippen LogP contribution in [-0.4, -0.2) is 30.2 Å². The molecular formula is C23H24Cl2N2O2. The minimum atomic E-state index is -0.242. The van der Waals surface area contributed by atoms with E-state index >= 15 is 0 Å². The fourth-order valence-corrected chi connectivity index (χ4v) is 4.90. The topological polar surface area (TPSA) is 43.3 Å². The van der Waals surface area contributed by atoms with Gasteiger partial charge in [0.1, 0.15) is 0 Å². The van der Waals surface area contributed by atoms with Crippen LogP contribution in [0.25, 0.3) is 10.9 Å². The zero-order valence-corrected chi connectivity index (χ0v) is 17.9. The number of hydrogen-bond donors (Lipinski definition) is 1. The summed E-state index contributed by atoms with van der Waals surface area (Å²) in [6.45, 7) is 1.83. The fourth-order valence-electron chi connectivity index (χ4n) is 4.29. The summed E-state index contributed by atoms with van der Waals surface area (Å²) in [7, 11) is 2.00. The van der Waals surface area contributed by atoms with Crippen LogP contribution >= 0.6 is 23.2 Å². The lowest BCUT2D eigenvalue weighted by molar-refractivity contribution is -0.120. The Balaban J connectivity index is 1.52. The van der Waals surface area contributed by atoms with Crippen LogP contribution in [0, 0.1) is 0 Å². The first kappa shape index (κ1) is 20.3. The Kier molecular flexibility index (Phi) is 5.86. The molecule has 1 aliphatic heterocycles. The van der Waals surface area contributed by atoms with E-state index in [4.69, 9.17) is 27.9 Å². The molecule has 1 aliphatic rings. The molecule has 0 spiro atoms. The highest BCUT2D eigenvalue weighted by atomic mass is 35.5. The van der Waals surface area contributed by atoms with E-state index in [1.807, 2.05) is 37.5 Å². The van der Waals surface area contributed by atoms with Gasteiger partial charge in [0.15, 0.2) is 0 Å². The van der Waals surface area contributed by atoms with Crippen molar-refractivity contribution in [2.45, 2.75) is 24.7 Å². The van der Waals surface area contributed by atoms with Gasteiger partial charge in [0.25, 0.3) is 0 Å². The third-order valence-corrected chi connectivity index (χ3v) is 6.45. The minimum absolute atomic E-state index is 0.0114. The van der Waals surface area contributed by atoms with Gasteiger partial charge in [-0.05, 0) is 42.2 Å². The molecule has 0 saturated carbocycles. The molecular weight excluding hydrogens is 407 g/mol. The molecule has 0 unspecified atom stereocenters. The van der Waals surface area contributed by atoms with Gasteiger partial charge in [-0.25, -0.2) is 0 Å². The Morgan fingerprint density at radius 1 is 1.17 bits per heavy atom. The molecule has 1 amide bonds. The van der Waals surface area contributed by atoms with Crippen molar-refractivity contribution in [1.29, 1.82) is 0 Å². The summed E-state index contributed by atoms with van der Waals surface area (Å²) in [5.41, 5.74) is 2.95. The van der Waals surface area contributed by atoms with E-state index in [2.05, 4.69) is 22.0 Å². The number of aromatic nitrogens is 1. The molecule has 1 fully saturated rings. The van der Waals surface area contributed by atoms with Crippen molar-refractivity contribution in [3.05, 3.63) is 69.8 Å². The SMILES string of the molecule is Cn1cc(CC(=O)NCC2(c3ccc(Cl)cc3Cl)CCOCC2)c2ccccc21. The first-order valence-electron chi connectivity index (χ1n) is 9.81. The number of aryl methyl sites for hydroxylation is 1. The van der Waals surface area contributed by atoms with Crippen LogP contribution in [0.2, 0.25) is 10.0 Å². The summed E-state index contributed by atoms with van der Waals surface area (Å²) in [4.78, 5) is 12.8. The number of carbonyl (C=O) groups excluding carboxylic acids is 1. The number of nitrogens with zero attached hydrogens (tertiary/aromatic N) is 1. The molecule has 4 rings (SSSR count). The van der Waals surface area contributed by atoms with E-state index < -0.39 is 0 Å². The maximum Gasteiger partial charge on any atom is 0.224 e. The predicted octanol–water partition coefficient (Wildman–Crippen LogP) is 4.89. The van der Waals surface area contributed by atoms with Crippen LogP contribution in [0.5, 0.6) is 0 Å². The van der Waals surface area contributed by atoms with Crippen LogP contribution in [0.1, 0.15) is 24.0 Å². The number of halogens is 2. The molecule has 3 aromatic rings. The zero-order chi connectivity index (χ0) is 20.4. The monoisotopic (exact) mass is 430 g/mol. The zero-order valence-electron chi connectivity index (χ0n) is 16.4. The normalized spacial score (nSPS) is 16.1. The molecule has 6 heteroatoms. The van der Waals surface area contributed by atoms with Crippen LogP contribution in [-0.2, 0) is 28.4 Å². The van der Waals surface area contributed by atoms with Gasteiger partial charge < -0.3 is 14.6 Å². The highest BCUT2D eigenvalue weighted by Gasteiger charge is 2.36. The van der Waals surface area contributed by atoms with Gasteiger partial charge in [-0.1, -0.05) is 47.5 Å². The van der Waals surface area contributed by atoms with E-state index in [0.717, 1.165) is 34.9 Å². The maximum atomic E-state index is 12.8. The van der Waals surface area contributed by atoms with Crippen LogP contribution in [0.4, 0.5) is 0 Å². The predicted molar refractivity (Wildman–Crippen MR) is 118 cm³/mol.